The standard InChI is InChI=1S/C63H113N2O7P/c1-7-10-13-16-19-22-25-26-27-28-29-30-31-32-33-34-35-36-37-38-41-44-47-50-53-56-63(67)72-61(54-51-48-45-42-39-23-20-17-14-11-8-2)60(59-71-73(68,69)70-58-57-65(4,5)6)64-62(66)55-52-49-46-43-40-24-21-18-15-12-9-3/h10,13,18-19,21-22,26-27,29-30,32-33,51,54,60-61H,7-9,11-12,14-17,20,23-25,28,31,34-50,52-53,55-59H2,1-6H3,(H-,64,66,68,69)/b13-10-,21-18-,22-19-,27-26-,30-29-,33-32-,54-51-. The van der Waals surface area contributed by atoms with Gasteiger partial charge < -0.3 is 28.5 Å². The van der Waals surface area contributed by atoms with Crippen LogP contribution in [-0.4, -0.2) is 69.4 Å². The van der Waals surface area contributed by atoms with E-state index in [9.17, 15) is 19.0 Å². The van der Waals surface area contributed by atoms with E-state index in [1.165, 1.54) is 89.9 Å². The Morgan fingerprint density at radius 3 is 1.37 bits per heavy atom. The van der Waals surface area contributed by atoms with Crippen LogP contribution in [-0.2, 0) is 27.9 Å². The van der Waals surface area contributed by atoms with Crippen molar-refractivity contribution in [3.05, 3.63) is 85.1 Å². The summed E-state index contributed by atoms with van der Waals surface area (Å²) in [4.78, 5) is 39.8. The van der Waals surface area contributed by atoms with Crippen molar-refractivity contribution in [2.75, 3.05) is 40.9 Å². The molecule has 3 unspecified atom stereocenters. The van der Waals surface area contributed by atoms with Gasteiger partial charge in [-0.2, -0.15) is 0 Å². The lowest BCUT2D eigenvalue weighted by molar-refractivity contribution is -0.870. The van der Waals surface area contributed by atoms with Crippen LogP contribution in [0.1, 0.15) is 252 Å². The molecule has 0 radical (unpaired) electrons. The zero-order valence-electron chi connectivity index (χ0n) is 48.1. The number of carbonyl (C=O) groups is 2. The van der Waals surface area contributed by atoms with E-state index in [0.29, 0.717) is 17.4 Å². The number of phosphoric acid groups is 1. The number of allylic oxidation sites excluding steroid dienone is 13. The summed E-state index contributed by atoms with van der Waals surface area (Å²) < 4.78 is 30.2. The number of carbonyl (C=O) groups excluding carboxylic acids is 2. The van der Waals surface area contributed by atoms with E-state index in [2.05, 4.69) is 99.0 Å². The molecule has 0 aliphatic carbocycles. The molecule has 0 spiro atoms. The van der Waals surface area contributed by atoms with Crippen LogP contribution in [0.3, 0.4) is 0 Å². The molecular formula is C63H113N2O7P. The maximum absolute atomic E-state index is 13.4. The van der Waals surface area contributed by atoms with Crippen molar-refractivity contribution < 1.29 is 37.3 Å². The van der Waals surface area contributed by atoms with Gasteiger partial charge in [0.05, 0.1) is 33.8 Å². The number of nitrogens with zero attached hydrogens (tertiary/aromatic N) is 1. The summed E-state index contributed by atoms with van der Waals surface area (Å²) in [6.07, 6.45) is 68.4. The smallest absolute Gasteiger partial charge is 0.306 e. The summed E-state index contributed by atoms with van der Waals surface area (Å²) >= 11 is 0. The lowest BCUT2D eigenvalue weighted by atomic mass is 10.0. The molecule has 0 aliphatic heterocycles. The second-order valence-electron chi connectivity index (χ2n) is 21.1. The number of quaternary nitrogens is 1. The van der Waals surface area contributed by atoms with Crippen LogP contribution >= 0.6 is 7.82 Å². The molecule has 10 heteroatoms. The first-order chi connectivity index (χ1) is 35.4. The zero-order valence-corrected chi connectivity index (χ0v) is 49.0. The Kier molecular flexibility index (Phi) is 50.6. The molecule has 0 aromatic heterocycles. The Bertz CT molecular complexity index is 1530. The number of unbranched alkanes of at least 4 members (excludes halogenated alkanes) is 25. The van der Waals surface area contributed by atoms with Crippen molar-refractivity contribution in [1.29, 1.82) is 0 Å². The van der Waals surface area contributed by atoms with E-state index in [1.807, 2.05) is 33.3 Å². The fraction of sp³-hybridized carbons (Fsp3) is 0.746. The van der Waals surface area contributed by atoms with Crippen LogP contribution in [0.2, 0.25) is 0 Å². The lowest BCUT2D eigenvalue weighted by Crippen LogP contribution is -2.47. The fourth-order valence-electron chi connectivity index (χ4n) is 8.18. The highest BCUT2D eigenvalue weighted by Gasteiger charge is 2.27. The summed E-state index contributed by atoms with van der Waals surface area (Å²) in [5, 5.41) is 3.01. The third kappa shape index (κ3) is 53.8. The Labute approximate surface area is 450 Å². The molecule has 0 aromatic rings. The average molecular weight is 1040 g/mol. The number of hydrogen-bond donors (Lipinski definition) is 1. The molecule has 0 aliphatic rings. The van der Waals surface area contributed by atoms with E-state index in [0.717, 1.165) is 128 Å². The molecule has 1 N–H and O–H groups in total. The first-order valence-electron chi connectivity index (χ1n) is 29.9. The van der Waals surface area contributed by atoms with Gasteiger partial charge in [0.2, 0.25) is 5.91 Å². The van der Waals surface area contributed by atoms with Crippen LogP contribution in [0.15, 0.2) is 85.1 Å². The third-order valence-electron chi connectivity index (χ3n) is 12.8. The van der Waals surface area contributed by atoms with E-state index in [1.54, 1.807) is 0 Å². The number of phosphoric ester groups is 1. The topological polar surface area (TPSA) is 114 Å². The molecule has 0 saturated carbocycles. The van der Waals surface area contributed by atoms with Gasteiger partial charge in [0.15, 0.2) is 0 Å². The van der Waals surface area contributed by atoms with E-state index in [-0.39, 0.29) is 24.9 Å². The van der Waals surface area contributed by atoms with Gasteiger partial charge in [-0.3, -0.25) is 14.2 Å². The number of esters is 1. The first-order valence-corrected chi connectivity index (χ1v) is 31.4. The van der Waals surface area contributed by atoms with Crippen molar-refractivity contribution in [3.63, 3.8) is 0 Å². The maximum atomic E-state index is 13.4. The van der Waals surface area contributed by atoms with E-state index >= 15 is 0 Å². The Hall–Kier alpha value is -2.81. The molecule has 422 valence electrons. The molecule has 0 bridgehead atoms. The van der Waals surface area contributed by atoms with Crippen LogP contribution < -0.4 is 10.2 Å². The van der Waals surface area contributed by atoms with Gasteiger partial charge in [-0.15, -0.1) is 0 Å². The van der Waals surface area contributed by atoms with Gasteiger partial charge in [-0.05, 0) is 96.0 Å². The highest BCUT2D eigenvalue weighted by molar-refractivity contribution is 7.45. The predicted octanol–water partition coefficient (Wildman–Crippen LogP) is 17.6. The van der Waals surface area contributed by atoms with Gasteiger partial charge in [-0.25, -0.2) is 0 Å². The molecule has 0 fully saturated rings. The number of ether oxygens (including phenoxy) is 1. The predicted molar refractivity (Wildman–Crippen MR) is 311 cm³/mol. The summed E-state index contributed by atoms with van der Waals surface area (Å²) in [7, 11) is 1.17. The molecule has 0 saturated heterocycles. The average Bonchev–Trinajstić information content (AvgIpc) is 3.35. The van der Waals surface area contributed by atoms with Crippen molar-refractivity contribution in [3.8, 4) is 0 Å². The molecule has 0 heterocycles. The lowest BCUT2D eigenvalue weighted by Gasteiger charge is -2.30. The monoisotopic (exact) mass is 1040 g/mol. The largest absolute Gasteiger partial charge is 0.756 e. The van der Waals surface area contributed by atoms with Crippen LogP contribution in [0.5, 0.6) is 0 Å². The van der Waals surface area contributed by atoms with Gasteiger partial charge in [0.25, 0.3) is 7.82 Å². The summed E-state index contributed by atoms with van der Waals surface area (Å²) in [5.74, 6) is -0.563. The van der Waals surface area contributed by atoms with Gasteiger partial charge in [0, 0.05) is 12.8 Å². The van der Waals surface area contributed by atoms with Gasteiger partial charge in [-0.1, -0.05) is 228 Å². The third-order valence-corrected chi connectivity index (χ3v) is 13.8. The summed E-state index contributed by atoms with van der Waals surface area (Å²) in [6, 6.07) is -0.897. The number of amides is 1. The fourth-order valence-corrected chi connectivity index (χ4v) is 8.90. The van der Waals surface area contributed by atoms with Crippen molar-refractivity contribution in [1.82, 2.24) is 5.32 Å². The molecule has 1 amide bonds. The maximum Gasteiger partial charge on any atom is 0.306 e. The minimum absolute atomic E-state index is 0.0278. The van der Waals surface area contributed by atoms with Crippen LogP contribution in [0, 0.1) is 0 Å². The summed E-state index contributed by atoms with van der Waals surface area (Å²) in [5.41, 5.74) is 0. The molecule has 3 atom stereocenters. The van der Waals surface area contributed by atoms with Gasteiger partial charge in [0.1, 0.15) is 19.3 Å². The Morgan fingerprint density at radius 1 is 0.493 bits per heavy atom. The Morgan fingerprint density at radius 2 is 0.890 bits per heavy atom. The molecule has 0 rings (SSSR count). The molecular weight excluding hydrogens is 928 g/mol. The minimum Gasteiger partial charge on any atom is -0.756 e. The molecule has 0 aromatic carbocycles. The second kappa shape index (κ2) is 52.6. The number of rotatable bonds is 53. The van der Waals surface area contributed by atoms with Crippen molar-refractivity contribution >= 4 is 19.7 Å². The minimum atomic E-state index is -4.70. The second-order valence-corrected chi connectivity index (χ2v) is 22.5. The highest BCUT2D eigenvalue weighted by Crippen LogP contribution is 2.38. The number of nitrogens with one attached hydrogen (secondary N) is 1. The Balaban J connectivity index is 5.12. The first kappa shape index (κ1) is 70.2. The number of likely N-dealkylation sites (N-methyl/N-ethyl adjacent to an activating group) is 1. The van der Waals surface area contributed by atoms with Gasteiger partial charge >= 0.3 is 5.97 Å². The molecule has 73 heavy (non-hydrogen) atoms. The van der Waals surface area contributed by atoms with E-state index in [4.69, 9.17) is 13.8 Å². The zero-order chi connectivity index (χ0) is 53.6. The number of hydrogen-bond acceptors (Lipinski definition) is 7. The van der Waals surface area contributed by atoms with Crippen molar-refractivity contribution in [2.24, 2.45) is 0 Å². The van der Waals surface area contributed by atoms with Crippen LogP contribution in [0.25, 0.3) is 0 Å². The normalized spacial score (nSPS) is 14.3. The van der Waals surface area contributed by atoms with E-state index < -0.39 is 26.6 Å². The van der Waals surface area contributed by atoms with Crippen molar-refractivity contribution in [2.45, 2.75) is 264 Å². The highest BCUT2D eigenvalue weighted by atomic mass is 31.2. The molecule has 9 nitrogen and oxygen atoms in total. The summed E-state index contributed by atoms with van der Waals surface area (Å²) in [6.45, 7) is 6.66. The van der Waals surface area contributed by atoms with Crippen LogP contribution in [0.4, 0.5) is 0 Å². The quantitative estimate of drug-likeness (QED) is 0.0212. The SMILES string of the molecule is CC/C=C\C/C=C\C/C=C\C/C=C\C/C=C\CCCCCCCCCCCC(=O)OC(/C=C\CCCCCCCCCCC)C(COP(=O)([O-])OCC[N+](C)(C)C)NC(=O)CCCCCCC/C=C\CCCC.